The molecule has 0 unspecified atom stereocenters. The van der Waals surface area contributed by atoms with Crippen LogP contribution in [0.15, 0.2) is 35.1 Å². The van der Waals surface area contributed by atoms with E-state index in [2.05, 4.69) is 10.3 Å². The van der Waals surface area contributed by atoms with E-state index >= 15 is 0 Å². The Balaban J connectivity index is 0.00000144. The Kier molecular flexibility index (Phi) is 7.73. The van der Waals surface area contributed by atoms with Gasteiger partial charge in [-0.2, -0.15) is 0 Å². The second-order valence-corrected chi connectivity index (χ2v) is 5.75. The summed E-state index contributed by atoms with van der Waals surface area (Å²) in [5.41, 5.74) is 2.47. The van der Waals surface area contributed by atoms with E-state index in [-0.39, 0.29) is 30.7 Å². The van der Waals surface area contributed by atoms with E-state index in [1.807, 2.05) is 43.1 Å². The molecule has 0 saturated carbocycles. The Morgan fingerprint density at radius 2 is 1.83 bits per heavy atom. The van der Waals surface area contributed by atoms with Gasteiger partial charge in [-0.25, -0.2) is 4.98 Å². The molecular weight excluding hydrogens is 349 g/mol. The van der Waals surface area contributed by atoms with E-state index in [4.69, 9.17) is 4.42 Å². The van der Waals surface area contributed by atoms with Crippen LogP contribution in [0.3, 0.4) is 0 Å². The molecule has 1 fully saturated rings. The minimum atomic E-state index is -0.0427. The van der Waals surface area contributed by atoms with Gasteiger partial charge >= 0.3 is 0 Å². The molecule has 132 valence electrons. The average Bonchev–Trinajstić information content (AvgIpc) is 3.04. The van der Waals surface area contributed by atoms with Crippen LogP contribution in [0.25, 0.3) is 11.3 Å². The number of amides is 1. The van der Waals surface area contributed by atoms with E-state index < -0.39 is 0 Å². The van der Waals surface area contributed by atoms with Gasteiger partial charge in [-0.1, -0.05) is 29.8 Å². The number of hydrogen-bond donors (Lipinski definition) is 1. The maximum Gasteiger partial charge on any atom is 0.276 e. The lowest BCUT2D eigenvalue weighted by atomic mass is 10.0. The quantitative estimate of drug-likeness (QED) is 0.898. The molecule has 0 spiro atoms. The zero-order chi connectivity index (χ0) is 15.5. The lowest BCUT2D eigenvalue weighted by Gasteiger charge is -2.31. The largest absolute Gasteiger partial charge is 0.443 e. The minimum Gasteiger partial charge on any atom is -0.443 e. The first-order valence-corrected chi connectivity index (χ1v) is 7.66. The lowest BCUT2D eigenvalue weighted by Crippen LogP contribution is -2.44. The number of oxazole rings is 1. The van der Waals surface area contributed by atoms with Gasteiger partial charge < -0.3 is 14.6 Å². The molecule has 0 atom stereocenters. The summed E-state index contributed by atoms with van der Waals surface area (Å²) >= 11 is 0. The van der Waals surface area contributed by atoms with Crippen molar-refractivity contribution >= 4 is 30.7 Å². The molecule has 1 saturated heterocycles. The van der Waals surface area contributed by atoms with Crippen molar-refractivity contribution in [1.29, 1.82) is 0 Å². The van der Waals surface area contributed by atoms with Crippen LogP contribution in [0.5, 0.6) is 0 Å². The van der Waals surface area contributed by atoms with Crippen LogP contribution in [0.2, 0.25) is 0 Å². The summed E-state index contributed by atoms with van der Waals surface area (Å²) in [5, 5.41) is 3.27. The Morgan fingerprint density at radius 3 is 2.42 bits per heavy atom. The van der Waals surface area contributed by atoms with E-state index in [1.54, 1.807) is 0 Å². The van der Waals surface area contributed by atoms with Gasteiger partial charge in [0.25, 0.3) is 5.91 Å². The zero-order valence-corrected chi connectivity index (χ0v) is 15.5. The number of halogens is 2. The number of nitrogens with one attached hydrogen (secondary N) is 1. The first-order chi connectivity index (χ1) is 10.7. The Labute approximate surface area is 154 Å². The SMILES string of the molecule is CNC1CCN(C(=O)c2ncoc2-c2ccc(C)cc2)CC1.Cl.Cl. The predicted octanol–water partition coefficient (Wildman–Crippen LogP) is 3.32. The van der Waals surface area contributed by atoms with Crippen molar-refractivity contribution in [2.75, 3.05) is 20.1 Å². The van der Waals surface area contributed by atoms with E-state index in [0.717, 1.165) is 31.5 Å². The number of aromatic nitrogens is 1. The van der Waals surface area contributed by atoms with Gasteiger partial charge in [0.2, 0.25) is 0 Å². The Morgan fingerprint density at radius 1 is 1.21 bits per heavy atom. The predicted molar refractivity (Wildman–Crippen MR) is 99.2 cm³/mol. The summed E-state index contributed by atoms with van der Waals surface area (Å²) in [5.74, 6) is 0.514. The molecule has 2 heterocycles. The smallest absolute Gasteiger partial charge is 0.276 e. The molecule has 2 aromatic rings. The van der Waals surface area contributed by atoms with Crippen molar-refractivity contribution in [3.63, 3.8) is 0 Å². The van der Waals surface area contributed by atoms with Crippen LogP contribution in [0.4, 0.5) is 0 Å². The first kappa shape index (κ1) is 20.5. The fourth-order valence-corrected chi connectivity index (χ4v) is 2.83. The number of carbonyl (C=O) groups excluding carboxylic acids is 1. The highest BCUT2D eigenvalue weighted by Crippen LogP contribution is 2.25. The molecule has 1 aliphatic rings. The third-order valence-electron chi connectivity index (χ3n) is 4.27. The van der Waals surface area contributed by atoms with Crippen LogP contribution in [-0.4, -0.2) is 42.0 Å². The van der Waals surface area contributed by atoms with E-state index in [1.165, 1.54) is 12.0 Å². The number of carbonyl (C=O) groups is 1. The van der Waals surface area contributed by atoms with Gasteiger partial charge in [0.15, 0.2) is 17.8 Å². The number of aryl methyl sites for hydroxylation is 1. The molecule has 0 radical (unpaired) electrons. The Bertz CT molecular complexity index is 650. The van der Waals surface area contributed by atoms with Gasteiger partial charge in [0.1, 0.15) is 0 Å². The van der Waals surface area contributed by atoms with Crippen LogP contribution < -0.4 is 5.32 Å². The molecule has 1 aromatic carbocycles. The minimum absolute atomic E-state index is 0. The van der Waals surface area contributed by atoms with Gasteiger partial charge in [-0.05, 0) is 26.8 Å². The second kappa shape index (κ2) is 9.06. The number of rotatable bonds is 3. The summed E-state index contributed by atoms with van der Waals surface area (Å²) in [6, 6.07) is 8.42. The summed E-state index contributed by atoms with van der Waals surface area (Å²) in [6.07, 6.45) is 3.29. The number of benzene rings is 1. The topological polar surface area (TPSA) is 58.4 Å². The number of likely N-dealkylation sites (tertiary alicyclic amines) is 1. The van der Waals surface area contributed by atoms with Gasteiger partial charge in [-0.15, -0.1) is 24.8 Å². The van der Waals surface area contributed by atoms with Crippen LogP contribution >= 0.6 is 24.8 Å². The van der Waals surface area contributed by atoms with Gasteiger partial charge in [0.05, 0.1) is 0 Å². The zero-order valence-electron chi connectivity index (χ0n) is 13.8. The highest BCUT2D eigenvalue weighted by molar-refractivity contribution is 5.97. The summed E-state index contributed by atoms with van der Waals surface area (Å²) < 4.78 is 5.47. The summed E-state index contributed by atoms with van der Waals surface area (Å²) in [7, 11) is 1.97. The second-order valence-electron chi connectivity index (χ2n) is 5.75. The summed E-state index contributed by atoms with van der Waals surface area (Å²) in [6.45, 7) is 3.54. The highest BCUT2D eigenvalue weighted by atomic mass is 35.5. The van der Waals surface area contributed by atoms with E-state index in [9.17, 15) is 4.79 Å². The van der Waals surface area contributed by atoms with Crippen molar-refractivity contribution in [3.05, 3.63) is 41.9 Å². The van der Waals surface area contributed by atoms with Crippen molar-refractivity contribution in [1.82, 2.24) is 15.2 Å². The molecule has 1 N–H and O–H groups in total. The normalized spacial score (nSPS) is 14.7. The Hall–Kier alpha value is -1.56. The molecule has 0 aliphatic carbocycles. The van der Waals surface area contributed by atoms with Crippen molar-refractivity contribution < 1.29 is 9.21 Å². The standard InChI is InChI=1S/C17H21N3O2.2ClH/c1-12-3-5-13(6-4-12)16-15(19-11-22-16)17(21)20-9-7-14(18-2)8-10-20;;/h3-6,11,14,18H,7-10H2,1-2H3;2*1H. The molecule has 1 amide bonds. The molecule has 1 aromatic heterocycles. The molecule has 1 aliphatic heterocycles. The molecular formula is C17H23Cl2N3O2. The fourth-order valence-electron chi connectivity index (χ4n) is 2.83. The molecule has 3 rings (SSSR count). The van der Waals surface area contributed by atoms with Crippen LogP contribution in [0, 0.1) is 6.92 Å². The van der Waals surface area contributed by atoms with Crippen molar-refractivity contribution in [2.45, 2.75) is 25.8 Å². The van der Waals surface area contributed by atoms with Gasteiger partial charge in [-0.3, -0.25) is 4.79 Å². The first-order valence-electron chi connectivity index (χ1n) is 7.66. The maximum absolute atomic E-state index is 12.7. The highest BCUT2D eigenvalue weighted by Gasteiger charge is 2.27. The third kappa shape index (κ3) is 4.29. The molecule has 0 bridgehead atoms. The van der Waals surface area contributed by atoms with Crippen LogP contribution in [0.1, 0.15) is 28.9 Å². The maximum atomic E-state index is 12.7. The van der Waals surface area contributed by atoms with Gasteiger partial charge in [0, 0.05) is 24.7 Å². The monoisotopic (exact) mass is 371 g/mol. The summed E-state index contributed by atoms with van der Waals surface area (Å²) in [4.78, 5) is 18.7. The van der Waals surface area contributed by atoms with Crippen molar-refractivity contribution in [2.24, 2.45) is 0 Å². The fraction of sp³-hybridized carbons (Fsp3) is 0.412. The van der Waals surface area contributed by atoms with E-state index in [0.29, 0.717) is 17.5 Å². The number of nitrogens with zero attached hydrogens (tertiary/aromatic N) is 2. The molecule has 24 heavy (non-hydrogen) atoms. The number of hydrogen-bond acceptors (Lipinski definition) is 4. The lowest BCUT2D eigenvalue weighted by molar-refractivity contribution is 0.0702. The number of piperidine rings is 1. The average molecular weight is 372 g/mol. The van der Waals surface area contributed by atoms with Crippen LogP contribution in [-0.2, 0) is 0 Å². The molecule has 7 heteroatoms. The van der Waals surface area contributed by atoms with Crippen molar-refractivity contribution in [3.8, 4) is 11.3 Å². The third-order valence-corrected chi connectivity index (χ3v) is 4.27. The molecule has 5 nitrogen and oxygen atoms in total.